The maximum absolute atomic E-state index is 13.5. The molecular weight excluding hydrogens is 548 g/mol. The van der Waals surface area contributed by atoms with E-state index in [9.17, 15) is 23.2 Å². The Labute approximate surface area is 228 Å². The summed E-state index contributed by atoms with van der Waals surface area (Å²) in [6.07, 6.45) is 3.64. The summed E-state index contributed by atoms with van der Waals surface area (Å²) in [6.45, 7) is 0.893. The molecule has 4 amide bonds. The van der Waals surface area contributed by atoms with Gasteiger partial charge in [-0.3, -0.25) is 14.3 Å². The molecule has 204 valence electrons. The highest BCUT2D eigenvalue weighted by atomic mass is 32.1. The van der Waals surface area contributed by atoms with E-state index in [1.165, 1.54) is 46.4 Å². The Morgan fingerprint density at radius 2 is 2.02 bits per heavy atom. The van der Waals surface area contributed by atoms with Gasteiger partial charge in [0, 0.05) is 43.8 Å². The number of nitrogens with one attached hydrogen (secondary N) is 2. The van der Waals surface area contributed by atoms with E-state index >= 15 is 0 Å². The quantitative estimate of drug-likeness (QED) is 0.376. The first-order chi connectivity index (χ1) is 19.3. The number of halogens is 2. The lowest BCUT2D eigenvalue weighted by atomic mass is 10.1. The average Bonchev–Trinajstić information content (AvgIpc) is 3.66. The molecule has 0 unspecified atom stereocenters. The Morgan fingerprint density at radius 3 is 2.85 bits per heavy atom. The molecule has 1 atom stereocenters. The van der Waals surface area contributed by atoms with Crippen LogP contribution in [-0.4, -0.2) is 62.8 Å². The lowest BCUT2D eigenvalue weighted by Crippen LogP contribution is -2.50. The molecule has 40 heavy (non-hydrogen) atoms. The molecule has 1 fully saturated rings. The normalized spacial score (nSPS) is 19.1. The maximum atomic E-state index is 13.5. The molecule has 1 saturated heterocycles. The summed E-state index contributed by atoms with van der Waals surface area (Å²) >= 11 is 1.12. The van der Waals surface area contributed by atoms with Crippen LogP contribution in [0.1, 0.15) is 22.5 Å². The SMILES string of the molecule is O=C(N[C@@H]1CCCN(C(=O)n2ccnc2)C1)c1sc2nccc3c2c1NC(=O)N3c1ccc2c(c1)OC(F)(F)O2. The van der Waals surface area contributed by atoms with Gasteiger partial charge in [-0.2, -0.15) is 0 Å². The highest BCUT2D eigenvalue weighted by Crippen LogP contribution is 2.48. The molecule has 6 heterocycles. The molecule has 0 spiro atoms. The van der Waals surface area contributed by atoms with Gasteiger partial charge in [-0.1, -0.05) is 0 Å². The van der Waals surface area contributed by atoms with Gasteiger partial charge >= 0.3 is 18.4 Å². The second kappa shape index (κ2) is 8.87. The van der Waals surface area contributed by atoms with Gasteiger partial charge in [0.15, 0.2) is 11.5 Å². The minimum absolute atomic E-state index is 0.144. The van der Waals surface area contributed by atoms with Crippen LogP contribution in [0.25, 0.3) is 10.2 Å². The van der Waals surface area contributed by atoms with Crippen LogP contribution >= 0.6 is 11.3 Å². The van der Waals surface area contributed by atoms with Crippen molar-refractivity contribution in [2.24, 2.45) is 0 Å². The number of piperidine rings is 1. The molecule has 12 nitrogen and oxygen atoms in total. The Hall–Kier alpha value is -4.79. The molecule has 0 bridgehead atoms. The molecule has 0 radical (unpaired) electrons. The number of hydrogen-bond donors (Lipinski definition) is 2. The van der Waals surface area contributed by atoms with Crippen molar-refractivity contribution < 1.29 is 32.6 Å². The van der Waals surface area contributed by atoms with Crippen LogP contribution in [0.4, 0.5) is 35.4 Å². The van der Waals surface area contributed by atoms with Crippen LogP contribution in [0.5, 0.6) is 11.5 Å². The summed E-state index contributed by atoms with van der Waals surface area (Å²) in [5, 5.41) is 6.31. The first-order valence-corrected chi connectivity index (χ1v) is 13.1. The summed E-state index contributed by atoms with van der Waals surface area (Å²) in [5.74, 6) is -0.746. The number of ether oxygens (including phenoxy) is 2. The molecule has 3 aliphatic heterocycles. The fourth-order valence-electron chi connectivity index (χ4n) is 5.13. The summed E-state index contributed by atoms with van der Waals surface area (Å²) in [4.78, 5) is 51.5. The number of fused-ring (bicyclic) bond motifs is 1. The molecule has 3 aromatic heterocycles. The Bertz CT molecular complexity index is 1690. The van der Waals surface area contributed by atoms with Gasteiger partial charge in [0.2, 0.25) is 0 Å². The third-order valence-electron chi connectivity index (χ3n) is 6.85. The number of carbonyl (C=O) groups is 3. The molecule has 15 heteroatoms. The summed E-state index contributed by atoms with van der Waals surface area (Å²) in [7, 11) is 0. The van der Waals surface area contributed by atoms with Crippen molar-refractivity contribution in [2.45, 2.75) is 25.2 Å². The van der Waals surface area contributed by atoms with Crippen LogP contribution < -0.4 is 25.0 Å². The minimum atomic E-state index is -3.79. The predicted molar refractivity (Wildman–Crippen MR) is 139 cm³/mol. The average molecular weight is 568 g/mol. The van der Waals surface area contributed by atoms with Gasteiger partial charge in [0.25, 0.3) is 5.91 Å². The van der Waals surface area contributed by atoms with Crippen molar-refractivity contribution in [3.8, 4) is 11.5 Å². The van der Waals surface area contributed by atoms with Crippen molar-refractivity contribution in [1.82, 2.24) is 24.8 Å². The van der Waals surface area contributed by atoms with E-state index in [2.05, 4.69) is 30.1 Å². The zero-order valence-corrected chi connectivity index (χ0v) is 21.3. The zero-order chi connectivity index (χ0) is 27.6. The third-order valence-corrected chi connectivity index (χ3v) is 7.94. The van der Waals surface area contributed by atoms with Gasteiger partial charge in [-0.05, 0) is 31.0 Å². The van der Waals surface area contributed by atoms with E-state index in [-0.39, 0.29) is 34.1 Å². The number of nitrogens with zero attached hydrogens (tertiary/aromatic N) is 5. The number of benzene rings is 1. The highest BCUT2D eigenvalue weighted by Gasteiger charge is 2.44. The third kappa shape index (κ3) is 3.97. The van der Waals surface area contributed by atoms with Crippen molar-refractivity contribution in [1.29, 1.82) is 0 Å². The minimum Gasteiger partial charge on any atom is -0.395 e. The number of urea groups is 1. The number of rotatable bonds is 3. The number of pyridine rings is 1. The van der Waals surface area contributed by atoms with Crippen molar-refractivity contribution >= 4 is 56.6 Å². The van der Waals surface area contributed by atoms with Crippen molar-refractivity contribution in [3.05, 3.63) is 54.1 Å². The lowest BCUT2D eigenvalue weighted by Gasteiger charge is -2.33. The zero-order valence-electron chi connectivity index (χ0n) is 20.5. The number of imidazole rings is 1. The first-order valence-electron chi connectivity index (χ1n) is 12.3. The Kier molecular flexibility index (Phi) is 5.38. The smallest absolute Gasteiger partial charge is 0.395 e. The standard InChI is InChI=1S/C25H19F2N7O5S/c26-25(27)38-16-4-3-14(10-17(16)39-25)34-15-5-6-29-22-18(15)19(31-23(34)36)20(40-22)21(35)30-13-2-1-8-32(11-13)24(37)33-9-7-28-12-33/h3-7,9-10,12-13H,1-2,8,11H2,(H,30,35)(H,31,36)/t13-/m1/s1. The van der Waals surface area contributed by atoms with Crippen LogP contribution in [0.3, 0.4) is 0 Å². The number of anilines is 3. The van der Waals surface area contributed by atoms with Gasteiger partial charge < -0.3 is 25.0 Å². The predicted octanol–water partition coefficient (Wildman–Crippen LogP) is 4.36. The van der Waals surface area contributed by atoms with E-state index in [1.807, 2.05) is 0 Å². The fourth-order valence-corrected chi connectivity index (χ4v) is 6.16. The van der Waals surface area contributed by atoms with E-state index in [0.29, 0.717) is 47.5 Å². The highest BCUT2D eigenvalue weighted by molar-refractivity contribution is 7.21. The van der Waals surface area contributed by atoms with Gasteiger partial charge in [0.1, 0.15) is 16.0 Å². The van der Waals surface area contributed by atoms with Crippen LogP contribution in [0.15, 0.2) is 49.2 Å². The molecule has 2 N–H and O–H groups in total. The molecule has 1 aromatic carbocycles. The number of carbonyl (C=O) groups excluding carboxylic acids is 3. The number of likely N-dealkylation sites (tertiary alicyclic amines) is 1. The van der Waals surface area contributed by atoms with Crippen molar-refractivity contribution in [2.75, 3.05) is 23.3 Å². The number of alkyl halides is 2. The fraction of sp³-hybridized carbons (Fsp3) is 0.240. The number of aromatic nitrogens is 3. The summed E-state index contributed by atoms with van der Waals surface area (Å²) < 4.78 is 37.5. The van der Waals surface area contributed by atoms with E-state index in [4.69, 9.17) is 0 Å². The number of hydrogen-bond acceptors (Lipinski definition) is 8. The monoisotopic (exact) mass is 567 g/mol. The Morgan fingerprint density at radius 1 is 1.18 bits per heavy atom. The van der Waals surface area contributed by atoms with E-state index in [1.54, 1.807) is 17.2 Å². The van der Waals surface area contributed by atoms with Crippen LogP contribution in [-0.2, 0) is 0 Å². The molecule has 3 aliphatic rings. The lowest BCUT2D eigenvalue weighted by molar-refractivity contribution is -0.286. The van der Waals surface area contributed by atoms with Crippen molar-refractivity contribution in [3.63, 3.8) is 0 Å². The van der Waals surface area contributed by atoms with Gasteiger partial charge in [0.05, 0.1) is 22.4 Å². The number of amides is 4. The molecular formula is C25H19F2N7O5S. The van der Waals surface area contributed by atoms with Crippen LogP contribution in [0, 0.1) is 0 Å². The second-order valence-electron chi connectivity index (χ2n) is 9.39. The topological polar surface area (TPSA) is 131 Å². The maximum Gasteiger partial charge on any atom is 0.586 e. The second-order valence-corrected chi connectivity index (χ2v) is 10.4. The number of thiophene rings is 1. The molecule has 0 aliphatic carbocycles. The van der Waals surface area contributed by atoms with Crippen LogP contribution in [0.2, 0.25) is 0 Å². The van der Waals surface area contributed by atoms with E-state index < -0.39 is 18.2 Å². The largest absolute Gasteiger partial charge is 0.586 e. The molecule has 4 aromatic rings. The van der Waals surface area contributed by atoms with Gasteiger partial charge in [-0.15, -0.1) is 20.1 Å². The summed E-state index contributed by atoms with van der Waals surface area (Å²) in [6, 6.07) is 4.55. The van der Waals surface area contributed by atoms with E-state index in [0.717, 1.165) is 11.3 Å². The first kappa shape index (κ1) is 24.3. The summed E-state index contributed by atoms with van der Waals surface area (Å²) in [5.41, 5.74) is 1.01. The molecule has 0 saturated carbocycles. The Balaban J connectivity index is 1.17. The van der Waals surface area contributed by atoms with Gasteiger partial charge in [-0.25, -0.2) is 19.6 Å². The molecule has 7 rings (SSSR count).